The molecular weight excluding hydrogens is 520 g/mol. The monoisotopic (exact) mass is 533 g/mol. The zero-order chi connectivity index (χ0) is 19.2. The minimum atomic E-state index is -0.415. The smallest absolute Gasteiger partial charge is 0.134 e. The van der Waals surface area contributed by atoms with Crippen LogP contribution in [0.3, 0.4) is 0 Å². The first-order valence-corrected chi connectivity index (χ1v) is 9.97. The van der Waals surface area contributed by atoms with Crippen molar-refractivity contribution in [3.05, 3.63) is 97.3 Å². The van der Waals surface area contributed by atoms with Crippen LogP contribution in [-0.2, 0) is 6.61 Å². The average molecular weight is 534 g/mol. The van der Waals surface area contributed by atoms with E-state index >= 15 is 0 Å². The van der Waals surface area contributed by atoms with Gasteiger partial charge in [-0.2, -0.15) is 5.26 Å². The lowest BCUT2D eigenvalue weighted by Gasteiger charge is -2.09. The number of benzene rings is 3. The largest absolute Gasteiger partial charge is 0.488 e. The summed E-state index contributed by atoms with van der Waals surface area (Å²) >= 11 is 5.77. The van der Waals surface area contributed by atoms with E-state index in [1.165, 1.54) is 9.64 Å². The summed E-state index contributed by atoms with van der Waals surface area (Å²) in [6.45, 7) is 0.462. The van der Waals surface area contributed by atoms with Crippen molar-refractivity contribution in [1.82, 2.24) is 0 Å². The molecule has 0 unspecified atom stereocenters. The van der Waals surface area contributed by atoms with Gasteiger partial charge in [-0.3, -0.25) is 0 Å². The van der Waals surface area contributed by atoms with E-state index in [0.29, 0.717) is 12.4 Å². The maximum atomic E-state index is 13.9. The Hall–Kier alpha value is -2.17. The number of hydrogen-bond acceptors (Lipinski definition) is 2. The molecule has 2 nitrogen and oxygen atoms in total. The fraction of sp³-hybridized carbons (Fsp3) is 0.0455. The van der Waals surface area contributed by atoms with Gasteiger partial charge in [0, 0.05) is 9.13 Å². The third kappa shape index (κ3) is 5.18. The molecule has 0 bridgehead atoms. The number of halogens is 3. The molecule has 0 aliphatic heterocycles. The highest BCUT2D eigenvalue weighted by Gasteiger charge is 2.08. The second kappa shape index (κ2) is 9.16. The van der Waals surface area contributed by atoms with Crippen LogP contribution in [0, 0.1) is 20.7 Å². The third-order valence-electron chi connectivity index (χ3n) is 3.86. The molecule has 0 amide bonds. The lowest BCUT2D eigenvalue weighted by Crippen LogP contribution is -1.96. The zero-order valence-electron chi connectivity index (χ0n) is 14.1. The molecule has 3 rings (SSSR count). The molecule has 3 aromatic carbocycles. The number of ether oxygens (including phenoxy) is 1. The maximum Gasteiger partial charge on any atom is 0.134 e. The molecule has 0 atom stereocenters. The Labute approximate surface area is 179 Å². The van der Waals surface area contributed by atoms with Gasteiger partial charge in [-0.15, -0.1) is 0 Å². The summed E-state index contributed by atoms with van der Waals surface area (Å²) in [7, 11) is 0. The van der Waals surface area contributed by atoms with Crippen molar-refractivity contribution < 1.29 is 9.13 Å². The zero-order valence-corrected chi connectivity index (χ0v) is 17.9. The van der Waals surface area contributed by atoms with Crippen molar-refractivity contribution in [2.24, 2.45) is 0 Å². The molecular formula is C22H14BrFINO. The average Bonchev–Trinajstić information content (AvgIpc) is 2.67. The Morgan fingerprint density at radius 2 is 1.85 bits per heavy atom. The summed E-state index contributed by atoms with van der Waals surface area (Å²) in [5, 5.41) is 9.40. The van der Waals surface area contributed by atoms with Crippen molar-refractivity contribution >= 4 is 50.2 Å². The van der Waals surface area contributed by atoms with E-state index in [-0.39, 0.29) is 11.1 Å². The van der Waals surface area contributed by atoms with E-state index in [1.54, 1.807) is 24.3 Å². The van der Waals surface area contributed by atoms with Gasteiger partial charge in [0.2, 0.25) is 0 Å². The fourth-order valence-corrected chi connectivity index (χ4v) is 3.35. The molecule has 3 aromatic rings. The van der Waals surface area contributed by atoms with Crippen LogP contribution in [0.2, 0.25) is 0 Å². The number of hydrogen-bond donors (Lipinski definition) is 0. The number of nitrogens with zero attached hydrogens (tertiary/aromatic N) is 1. The highest BCUT2D eigenvalue weighted by molar-refractivity contribution is 14.1. The summed E-state index contributed by atoms with van der Waals surface area (Å²) in [5.41, 5.74) is 2.42. The molecule has 0 radical (unpaired) electrons. The highest BCUT2D eigenvalue weighted by atomic mass is 127. The maximum absolute atomic E-state index is 13.9. The van der Waals surface area contributed by atoms with E-state index in [9.17, 15) is 9.65 Å². The molecule has 0 aliphatic rings. The molecule has 0 saturated carbocycles. The van der Waals surface area contributed by atoms with Gasteiger partial charge in [-0.25, -0.2) is 4.39 Å². The van der Waals surface area contributed by atoms with Crippen molar-refractivity contribution in [1.29, 1.82) is 5.26 Å². The third-order valence-corrected chi connectivity index (χ3v) is 5.20. The van der Waals surface area contributed by atoms with Crippen LogP contribution in [0.1, 0.15) is 16.7 Å². The lowest BCUT2D eigenvalue weighted by atomic mass is 10.0. The van der Waals surface area contributed by atoms with Gasteiger partial charge in [0.25, 0.3) is 0 Å². The van der Waals surface area contributed by atoms with Crippen molar-refractivity contribution in [2.75, 3.05) is 0 Å². The molecule has 27 heavy (non-hydrogen) atoms. The van der Waals surface area contributed by atoms with Gasteiger partial charge in [-0.1, -0.05) is 36.4 Å². The summed E-state index contributed by atoms with van der Waals surface area (Å²) in [4.78, 5) is 0. The summed E-state index contributed by atoms with van der Waals surface area (Å²) in [6.07, 6.45) is 1.66. The van der Waals surface area contributed by atoms with Crippen LogP contribution < -0.4 is 4.74 Å². The second-order valence-corrected chi connectivity index (χ2v) is 7.85. The van der Waals surface area contributed by atoms with Gasteiger partial charge >= 0.3 is 0 Å². The minimum Gasteiger partial charge on any atom is -0.488 e. The van der Waals surface area contributed by atoms with Crippen LogP contribution in [0.5, 0.6) is 5.75 Å². The SMILES string of the molecule is N#C/C(=C/c1ccc(OCc2ccc(I)cc2)c(Br)c1)c1ccccc1F. The quantitative estimate of drug-likeness (QED) is 0.204. The van der Waals surface area contributed by atoms with Crippen molar-refractivity contribution in [3.63, 3.8) is 0 Å². The van der Waals surface area contributed by atoms with E-state index in [4.69, 9.17) is 4.74 Å². The van der Waals surface area contributed by atoms with Gasteiger partial charge < -0.3 is 4.74 Å². The number of nitriles is 1. The molecule has 0 aliphatic carbocycles. The van der Waals surface area contributed by atoms with E-state index in [1.807, 2.05) is 42.5 Å². The normalized spacial score (nSPS) is 11.1. The first-order valence-electron chi connectivity index (χ1n) is 8.10. The van der Waals surface area contributed by atoms with Gasteiger partial charge in [-0.05, 0) is 86.1 Å². The highest BCUT2D eigenvalue weighted by Crippen LogP contribution is 2.29. The van der Waals surface area contributed by atoms with Gasteiger partial charge in [0.1, 0.15) is 18.2 Å². The summed E-state index contributed by atoms with van der Waals surface area (Å²) < 4.78 is 21.7. The predicted octanol–water partition coefficient (Wildman–Crippen LogP) is 6.84. The first-order chi connectivity index (χ1) is 13.1. The Morgan fingerprint density at radius 1 is 1.11 bits per heavy atom. The Kier molecular flexibility index (Phi) is 6.64. The molecule has 134 valence electrons. The first kappa shape index (κ1) is 19.6. The van der Waals surface area contributed by atoms with Crippen LogP contribution >= 0.6 is 38.5 Å². The van der Waals surface area contributed by atoms with Crippen LogP contribution in [0.15, 0.2) is 71.2 Å². The van der Waals surface area contributed by atoms with Gasteiger partial charge in [0.15, 0.2) is 0 Å². The van der Waals surface area contributed by atoms with Crippen LogP contribution in [0.25, 0.3) is 11.6 Å². The number of rotatable bonds is 5. The molecule has 0 saturated heterocycles. The van der Waals surface area contributed by atoms with Gasteiger partial charge in [0.05, 0.1) is 16.1 Å². The molecule has 5 heteroatoms. The number of allylic oxidation sites excluding steroid dienone is 1. The van der Waals surface area contributed by atoms with Crippen molar-refractivity contribution in [2.45, 2.75) is 6.61 Å². The Morgan fingerprint density at radius 3 is 2.52 bits per heavy atom. The molecule has 0 spiro atoms. The van der Waals surface area contributed by atoms with Crippen molar-refractivity contribution in [3.8, 4) is 11.8 Å². The summed E-state index contributed by atoms with van der Waals surface area (Å²) in [5.74, 6) is 0.289. The lowest BCUT2D eigenvalue weighted by molar-refractivity contribution is 0.304. The standard InChI is InChI=1S/C22H14BrFINO/c23-20-12-16(11-17(13-26)19-3-1-2-4-21(19)24)7-10-22(20)27-14-15-5-8-18(25)9-6-15/h1-12H,14H2/b17-11-. The topological polar surface area (TPSA) is 33.0 Å². The fourth-order valence-electron chi connectivity index (χ4n) is 2.48. The molecule has 0 N–H and O–H groups in total. The molecule has 0 heterocycles. The Bertz CT molecular complexity index is 1030. The van der Waals surface area contributed by atoms with Crippen LogP contribution in [0.4, 0.5) is 4.39 Å². The van der Waals surface area contributed by atoms with E-state index in [0.717, 1.165) is 15.6 Å². The van der Waals surface area contributed by atoms with E-state index < -0.39 is 5.82 Å². The Balaban J connectivity index is 1.78. The van der Waals surface area contributed by atoms with E-state index in [2.05, 4.69) is 44.6 Å². The molecule has 0 aromatic heterocycles. The predicted molar refractivity (Wildman–Crippen MR) is 118 cm³/mol. The molecule has 0 fully saturated rings. The second-order valence-electron chi connectivity index (χ2n) is 5.75. The summed E-state index contributed by atoms with van der Waals surface area (Å²) in [6, 6.07) is 22.0. The minimum absolute atomic E-state index is 0.271. The van der Waals surface area contributed by atoms with Crippen LogP contribution in [-0.4, -0.2) is 0 Å².